The van der Waals surface area contributed by atoms with Crippen molar-refractivity contribution in [2.75, 3.05) is 20.3 Å². The summed E-state index contributed by atoms with van der Waals surface area (Å²) in [6.07, 6.45) is 5.50. The van der Waals surface area contributed by atoms with Crippen LogP contribution in [0.3, 0.4) is 0 Å². The maximum Gasteiger partial charge on any atom is 0.120 e. The third-order valence-corrected chi connectivity index (χ3v) is 5.50. The monoisotopic (exact) mass is 378 g/mol. The first-order valence-electron chi connectivity index (χ1n) is 9.66. The third kappa shape index (κ3) is 3.81. The molecule has 1 aromatic heterocycles. The van der Waals surface area contributed by atoms with Crippen LogP contribution in [-0.4, -0.2) is 29.9 Å². The number of hydrogen-bond acceptors (Lipinski definition) is 4. The minimum absolute atomic E-state index is 0.276. The first-order valence-corrected chi connectivity index (χ1v) is 9.66. The van der Waals surface area contributed by atoms with Gasteiger partial charge in [-0.05, 0) is 42.3 Å². The molecular formula is C23H26N2O3. The zero-order valence-corrected chi connectivity index (χ0v) is 16.4. The van der Waals surface area contributed by atoms with Gasteiger partial charge >= 0.3 is 0 Å². The zero-order chi connectivity index (χ0) is 19.4. The van der Waals surface area contributed by atoms with E-state index in [1.54, 1.807) is 7.11 Å². The Morgan fingerprint density at radius 2 is 1.89 bits per heavy atom. The standard InChI is InChI=1S/C23H26N2O3/c1-18-24-12-13-25(18)21-8-6-19(7-9-21)17-28-22-5-3-4-20(16-22)23(26-2)10-14-27-15-11-23/h3-9,12-13,16H,10-11,14-15,17H2,1-2H3. The van der Waals surface area contributed by atoms with E-state index in [1.165, 1.54) is 0 Å². The lowest BCUT2D eigenvalue weighted by molar-refractivity contribution is -0.0948. The van der Waals surface area contributed by atoms with Crippen molar-refractivity contribution < 1.29 is 14.2 Å². The van der Waals surface area contributed by atoms with Crippen LogP contribution in [0.25, 0.3) is 5.69 Å². The van der Waals surface area contributed by atoms with E-state index >= 15 is 0 Å². The van der Waals surface area contributed by atoms with E-state index < -0.39 is 0 Å². The molecule has 2 aromatic carbocycles. The molecule has 3 aromatic rings. The molecule has 1 saturated heterocycles. The minimum atomic E-state index is -0.276. The molecule has 28 heavy (non-hydrogen) atoms. The van der Waals surface area contributed by atoms with Gasteiger partial charge in [-0.3, -0.25) is 0 Å². The number of hydrogen-bond donors (Lipinski definition) is 0. The molecule has 1 fully saturated rings. The minimum Gasteiger partial charge on any atom is -0.489 e. The summed E-state index contributed by atoms with van der Waals surface area (Å²) in [6, 6.07) is 16.6. The molecule has 1 aliphatic rings. The number of benzene rings is 2. The summed E-state index contributed by atoms with van der Waals surface area (Å²) < 4.78 is 19.5. The van der Waals surface area contributed by atoms with Crippen molar-refractivity contribution >= 4 is 0 Å². The van der Waals surface area contributed by atoms with Crippen molar-refractivity contribution in [1.82, 2.24) is 9.55 Å². The number of methoxy groups -OCH3 is 1. The molecule has 146 valence electrons. The van der Waals surface area contributed by atoms with Crippen LogP contribution in [0, 0.1) is 6.92 Å². The summed E-state index contributed by atoms with van der Waals surface area (Å²) in [5.74, 6) is 1.83. The highest BCUT2D eigenvalue weighted by Gasteiger charge is 2.34. The molecule has 0 N–H and O–H groups in total. The van der Waals surface area contributed by atoms with Crippen LogP contribution < -0.4 is 4.74 Å². The zero-order valence-electron chi connectivity index (χ0n) is 16.4. The Bertz CT molecular complexity index is 912. The maximum absolute atomic E-state index is 6.06. The lowest BCUT2D eigenvalue weighted by Crippen LogP contribution is -2.35. The molecule has 5 heteroatoms. The highest BCUT2D eigenvalue weighted by atomic mass is 16.5. The lowest BCUT2D eigenvalue weighted by Gasteiger charge is -2.36. The van der Waals surface area contributed by atoms with Crippen LogP contribution in [0.2, 0.25) is 0 Å². The van der Waals surface area contributed by atoms with E-state index in [1.807, 2.05) is 31.5 Å². The van der Waals surface area contributed by atoms with Crippen LogP contribution in [0.4, 0.5) is 0 Å². The molecule has 0 saturated carbocycles. The Morgan fingerprint density at radius 3 is 2.57 bits per heavy atom. The van der Waals surface area contributed by atoms with Gasteiger partial charge in [0.25, 0.3) is 0 Å². The quantitative estimate of drug-likeness (QED) is 0.637. The van der Waals surface area contributed by atoms with Crippen LogP contribution in [0.5, 0.6) is 5.75 Å². The van der Waals surface area contributed by atoms with Gasteiger partial charge in [0.1, 0.15) is 18.2 Å². The van der Waals surface area contributed by atoms with Crippen LogP contribution in [0.15, 0.2) is 60.9 Å². The summed E-state index contributed by atoms with van der Waals surface area (Å²) in [6.45, 7) is 3.97. The van der Waals surface area contributed by atoms with Crippen molar-refractivity contribution in [3.8, 4) is 11.4 Å². The highest BCUT2D eigenvalue weighted by molar-refractivity contribution is 5.36. The fourth-order valence-corrected chi connectivity index (χ4v) is 3.75. The molecule has 0 unspecified atom stereocenters. The van der Waals surface area contributed by atoms with Gasteiger partial charge in [-0.2, -0.15) is 0 Å². The van der Waals surface area contributed by atoms with Gasteiger partial charge in [0, 0.05) is 51.2 Å². The second kappa shape index (κ2) is 8.17. The van der Waals surface area contributed by atoms with E-state index in [0.717, 1.165) is 54.4 Å². The first-order chi connectivity index (χ1) is 13.7. The molecule has 5 nitrogen and oxygen atoms in total. The average molecular weight is 378 g/mol. The van der Waals surface area contributed by atoms with Gasteiger partial charge < -0.3 is 18.8 Å². The van der Waals surface area contributed by atoms with Crippen molar-refractivity contribution in [3.05, 3.63) is 77.9 Å². The molecule has 4 rings (SSSR count). The molecule has 0 amide bonds. The summed E-state index contributed by atoms with van der Waals surface area (Å²) in [7, 11) is 1.78. The van der Waals surface area contributed by atoms with Gasteiger partial charge in [-0.15, -0.1) is 0 Å². The number of imidazole rings is 1. The van der Waals surface area contributed by atoms with Crippen LogP contribution >= 0.6 is 0 Å². The van der Waals surface area contributed by atoms with Crippen LogP contribution in [-0.2, 0) is 21.7 Å². The van der Waals surface area contributed by atoms with E-state index in [9.17, 15) is 0 Å². The van der Waals surface area contributed by atoms with E-state index in [-0.39, 0.29) is 5.60 Å². The van der Waals surface area contributed by atoms with Crippen molar-refractivity contribution in [3.63, 3.8) is 0 Å². The topological polar surface area (TPSA) is 45.5 Å². The van der Waals surface area contributed by atoms with Crippen LogP contribution in [0.1, 0.15) is 29.8 Å². The lowest BCUT2D eigenvalue weighted by atomic mass is 9.86. The normalized spacial score (nSPS) is 16.1. The van der Waals surface area contributed by atoms with Crippen molar-refractivity contribution in [1.29, 1.82) is 0 Å². The second-order valence-electron chi connectivity index (χ2n) is 7.14. The molecule has 1 aliphatic heterocycles. The predicted octanol–water partition coefficient (Wildman–Crippen LogP) is 4.41. The number of ether oxygens (including phenoxy) is 3. The summed E-state index contributed by atoms with van der Waals surface area (Å²) >= 11 is 0. The van der Waals surface area contributed by atoms with Gasteiger partial charge in [0.05, 0.1) is 5.60 Å². The van der Waals surface area contributed by atoms with Gasteiger partial charge in [0.2, 0.25) is 0 Å². The van der Waals surface area contributed by atoms with Crippen molar-refractivity contribution in [2.45, 2.75) is 32.0 Å². The van der Waals surface area contributed by atoms with E-state index in [2.05, 4.69) is 45.9 Å². The largest absolute Gasteiger partial charge is 0.489 e. The van der Waals surface area contributed by atoms with Gasteiger partial charge in [-0.25, -0.2) is 4.98 Å². The molecule has 2 heterocycles. The highest BCUT2D eigenvalue weighted by Crippen LogP contribution is 2.36. The Kier molecular flexibility index (Phi) is 5.46. The maximum atomic E-state index is 6.06. The average Bonchev–Trinajstić information content (AvgIpc) is 3.19. The number of rotatable bonds is 6. The third-order valence-electron chi connectivity index (χ3n) is 5.50. The second-order valence-corrected chi connectivity index (χ2v) is 7.14. The molecule has 0 spiro atoms. The fourth-order valence-electron chi connectivity index (χ4n) is 3.75. The molecule has 0 atom stereocenters. The Morgan fingerprint density at radius 1 is 1.11 bits per heavy atom. The van der Waals surface area contributed by atoms with E-state index in [0.29, 0.717) is 6.61 Å². The number of aromatic nitrogens is 2. The molecule has 0 aliphatic carbocycles. The van der Waals surface area contributed by atoms with Crippen molar-refractivity contribution in [2.24, 2.45) is 0 Å². The fraction of sp³-hybridized carbons (Fsp3) is 0.348. The SMILES string of the molecule is COC1(c2cccc(OCc3ccc(-n4ccnc4C)cc3)c2)CCOCC1. The first kappa shape index (κ1) is 18.7. The molecule has 0 radical (unpaired) electrons. The smallest absolute Gasteiger partial charge is 0.120 e. The predicted molar refractivity (Wildman–Crippen MR) is 108 cm³/mol. The number of aryl methyl sites for hydroxylation is 1. The number of nitrogens with zero attached hydrogens (tertiary/aromatic N) is 2. The van der Waals surface area contributed by atoms with Gasteiger partial charge in [0.15, 0.2) is 0 Å². The Hall–Kier alpha value is -2.63. The summed E-state index contributed by atoms with van der Waals surface area (Å²) in [4.78, 5) is 4.27. The van der Waals surface area contributed by atoms with Gasteiger partial charge in [-0.1, -0.05) is 24.3 Å². The molecular weight excluding hydrogens is 352 g/mol. The molecule has 0 bridgehead atoms. The summed E-state index contributed by atoms with van der Waals surface area (Å²) in [5.41, 5.74) is 3.10. The Balaban J connectivity index is 1.44. The summed E-state index contributed by atoms with van der Waals surface area (Å²) in [5, 5.41) is 0. The van der Waals surface area contributed by atoms with E-state index in [4.69, 9.17) is 14.2 Å². The Labute approximate surface area is 165 Å².